The van der Waals surface area contributed by atoms with Crippen LogP contribution in [0.25, 0.3) is 5.69 Å². The molecular formula is C20H22N6O3. The number of carbonyl (C=O) groups is 2. The van der Waals surface area contributed by atoms with Crippen molar-refractivity contribution in [1.82, 2.24) is 30.0 Å². The van der Waals surface area contributed by atoms with Gasteiger partial charge in [-0.05, 0) is 30.2 Å². The lowest BCUT2D eigenvalue weighted by molar-refractivity contribution is -0.130. The molecule has 1 aliphatic heterocycles. The number of rotatable bonds is 6. The van der Waals surface area contributed by atoms with Gasteiger partial charge >= 0.3 is 0 Å². The van der Waals surface area contributed by atoms with Crippen LogP contribution in [-0.4, -0.2) is 66.8 Å². The Morgan fingerprint density at radius 2 is 2.24 bits per heavy atom. The van der Waals surface area contributed by atoms with Crippen molar-refractivity contribution in [1.29, 1.82) is 0 Å². The highest BCUT2D eigenvalue weighted by atomic mass is 16.3. The number of amides is 2. The average molecular weight is 394 g/mol. The van der Waals surface area contributed by atoms with Crippen LogP contribution in [0.4, 0.5) is 0 Å². The summed E-state index contributed by atoms with van der Waals surface area (Å²) in [6.07, 6.45) is 9.07. The maximum absolute atomic E-state index is 12.6. The van der Waals surface area contributed by atoms with Gasteiger partial charge in [-0.2, -0.15) is 5.10 Å². The number of hydrogen-bond donors (Lipinski definition) is 3. The van der Waals surface area contributed by atoms with Gasteiger partial charge in [0.15, 0.2) is 0 Å². The summed E-state index contributed by atoms with van der Waals surface area (Å²) in [5.41, 5.74) is 0.983. The zero-order valence-electron chi connectivity index (χ0n) is 15.8. The molecule has 1 aliphatic rings. The van der Waals surface area contributed by atoms with E-state index in [9.17, 15) is 14.7 Å². The van der Waals surface area contributed by atoms with Gasteiger partial charge in [-0.3, -0.25) is 14.7 Å². The first kappa shape index (κ1) is 18.9. The molecule has 9 heteroatoms. The molecule has 29 heavy (non-hydrogen) atoms. The molecular weight excluding hydrogens is 372 g/mol. The summed E-state index contributed by atoms with van der Waals surface area (Å²) in [4.78, 5) is 30.6. The fourth-order valence-corrected chi connectivity index (χ4v) is 3.44. The van der Waals surface area contributed by atoms with E-state index in [4.69, 9.17) is 0 Å². The van der Waals surface area contributed by atoms with Crippen molar-refractivity contribution in [2.45, 2.75) is 18.4 Å². The second-order valence-corrected chi connectivity index (χ2v) is 7.28. The van der Waals surface area contributed by atoms with Gasteiger partial charge in [0.1, 0.15) is 5.60 Å². The number of hydrogen-bond acceptors (Lipinski definition) is 5. The standard InChI is InChI=1S/C20H22N6O3/c27-18(8-15-10-23-24-11-15)25-6-4-20(29,13-25)12-22-19(28)16-2-1-3-17(9-16)26-7-5-21-14-26/h1-3,5,7,9-11,14,29H,4,6,8,12-13H2,(H,22,28)(H,23,24). The summed E-state index contributed by atoms with van der Waals surface area (Å²) < 4.78 is 1.81. The second kappa shape index (κ2) is 7.88. The van der Waals surface area contributed by atoms with Crippen molar-refractivity contribution in [2.75, 3.05) is 19.6 Å². The zero-order chi connectivity index (χ0) is 20.3. The molecule has 3 heterocycles. The molecule has 3 aromatic rings. The Labute approximate surface area is 167 Å². The number of H-pyrrole nitrogens is 1. The summed E-state index contributed by atoms with van der Waals surface area (Å²) >= 11 is 0. The lowest BCUT2D eigenvalue weighted by atomic mass is 10.0. The zero-order valence-corrected chi connectivity index (χ0v) is 15.8. The molecule has 3 N–H and O–H groups in total. The van der Waals surface area contributed by atoms with E-state index in [2.05, 4.69) is 20.5 Å². The molecule has 9 nitrogen and oxygen atoms in total. The average Bonchev–Trinajstić information content (AvgIpc) is 3.49. The molecule has 0 aliphatic carbocycles. The number of carbonyl (C=O) groups excluding carboxylic acids is 2. The molecule has 1 unspecified atom stereocenters. The normalized spacial score (nSPS) is 18.7. The Balaban J connectivity index is 1.33. The smallest absolute Gasteiger partial charge is 0.251 e. The van der Waals surface area contributed by atoms with Crippen molar-refractivity contribution >= 4 is 11.8 Å². The fourth-order valence-electron chi connectivity index (χ4n) is 3.44. The molecule has 0 saturated carbocycles. The van der Waals surface area contributed by atoms with E-state index in [1.807, 2.05) is 10.6 Å². The van der Waals surface area contributed by atoms with Gasteiger partial charge in [0, 0.05) is 42.9 Å². The molecule has 1 saturated heterocycles. The molecule has 0 spiro atoms. The van der Waals surface area contributed by atoms with Crippen molar-refractivity contribution < 1.29 is 14.7 Å². The maximum atomic E-state index is 12.6. The first-order valence-corrected chi connectivity index (χ1v) is 9.37. The van der Waals surface area contributed by atoms with Crippen LogP contribution in [0, 0.1) is 0 Å². The van der Waals surface area contributed by atoms with Crippen molar-refractivity contribution in [2.24, 2.45) is 0 Å². The van der Waals surface area contributed by atoms with Crippen molar-refractivity contribution in [3.63, 3.8) is 0 Å². The van der Waals surface area contributed by atoms with Gasteiger partial charge in [-0.25, -0.2) is 4.98 Å². The van der Waals surface area contributed by atoms with Crippen molar-refractivity contribution in [3.8, 4) is 5.69 Å². The predicted molar refractivity (Wildman–Crippen MR) is 104 cm³/mol. The van der Waals surface area contributed by atoms with Gasteiger partial charge < -0.3 is 19.9 Å². The third-order valence-corrected chi connectivity index (χ3v) is 5.08. The third-order valence-electron chi connectivity index (χ3n) is 5.08. The molecule has 4 rings (SSSR count). The fraction of sp³-hybridized carbons (Fsp3) is 0.300. The van der Waals surface area contributed by atoms with Gasteiger partial charge in [0.25, 0.3) is 5.91 Å². The Bertz CT molecular complexity index is 986. The number of aromatic amines is 1. The Kier molecular flexibility index (Phi) is 5.13. The largest absolute Gasteiger partial charge is 0.386 e. The maximum Gasteiger partial charge on any atom is 0.251 e. The molecule has 1 atom stereocenters. The first-order chi connectivity index (χ1) is 14.0. The van der Waals surface area contributed by atoms with E-state index >= 15 is 0 Å². The summed E-state index contributed by atoms with van der Waals surface area (Å²) in [5, 5.41) is 20.1. The summed E-state index contributed by atoms with van der Waals surface area (Å²) in [7, 11) is 0. The molecule has 150 valence electrons. The molecule has 1 fully saturated rings. The van der Waals surface area contributed by atoms with Crippen molar-refractivity contribution in [3.05, 3.63) is 66.5 Å². The number of β-amino-alcohol motifs (C(OH)–C–C–N with tert-alkyl or cyclic N) is 1. The summed E-state index contributed by atoms with van der Waals surface area (Å²) in [6.45, 7) is 0.731. The van der Waals surface area contributed by atoms with Gasteiger partial charge in [-0.1, -0.05) is 6.07 Å². The Morgan fingerprint density at radius 3 is 3.00 bits per heavy atom. The van der Waals surface area contributed by atoms with E-state index < -0.39 is 5.60 Å². The summed E-state index contributed by atoms with van der Waals surface area (Å²) in [5.74, 6) is -0.342. The minimum atomic E-state index is -1.14. The van der Waals surface area contributed by atoms with E-state index in [-0.39, 0.29) is 31.3 Å². The Morgan fingerprint density at radius 1 is 1.34 bits per heavy atom. The van der Waals surface area contributed by atoms with E-state index in [0.717, 1.165) is 11.3 Å². The SMILES string of the molecule is O=C(NCC1(O)CCN(C(=O)Cc2cn[nH]c2)C1)c1cccc(-n2ccnc2)c1. The van der Waals surface area contributed by atoms with E-state index in [1.165, 1.54) is 0 Å². The van der Waals surface area contributed by atoms with Crippen LogP contribution in [0.2, 0.25) is 0 Å². The number of aliphatic hydroxyl groups is 1. The van der Waals surface area contributed by atoms with Crippen LogP contribution < -0.4 is 5.32 Å². The molecule has 2 aromatic heterocycles. The highest BCUT2D eigenvalue weighted by Gasteiger charge is 2.38. The van der Waals surface area contributed by atoms with Crippen LogP contribution in [0.15, 0.2) is 55.4 Å². The van der Waals surface area contributed by atoms with Crippen LogP contribution in [0.3, 0.4) is 0 Å². The number of nitrogens with one attached hydrogen (secondary N) is 2. The monoisotopic (exact) mass is 394 g/mol. The highest BCUT2D eigenvalue weighted by Crippen LogP contribution is 2.21. The van der Waals surface area contributed by atoms with Crippen LogP contribution in [0.1, 0.15) is 22.3 Å². The van der Waals surface area contributed by atoms with E-state index in [1.54, 1.807) is 54.2 Å². The minimum absolute atomic E-state index is 0.0679. The lowest BCUT2D eigenvalue weighted by Gasteiger charge is -2.24. The quantitative estimate of drug-likeness (QED) is 0.564. The number of imidazole rings is 1. The number of nitrogens with zero attached hydrogens (tertiary/aromatic N) is 4. The Hall–Kier alpha value is -3.46. The topological polar surface area (TPSA) is 116 Å². The summed E-state index contributed by atoms with van der Waals surface area (Å²) in [6, 6.07) is 7.16. The molecule has 0 bridgehead atoms. The lowest BCUT2D eigenvalue weighted by Crippen LogP contribution is -2.45. The van der Waals surface area contributed by atoms with Crippen LogP contribution in [0.5, 0.6) is 0 Å². The number of benzene rings is 1. The van der Waals surface area contributed by atoms with E-state index in [0.29, 0.717) is 18.5 Å². The van der Waals surface area contributed by atoms with Gasteiger partial charge in [0.2, 0.25) is 5.91 Å². The predicted octanol–water partition coefficient (Wildman–Crippen LogP) is 0.531. The third kappa shape index (κ3) is 4.35. The van der Waals surface area contributed by atoms with Crippen LogP contribution in [-0.2, 0) is 11.2 Å². The van der Waals surface area contributed by atoms with Gasteiger partial charge in [0.05, 0.1) is 25.5 Å². The highest BCUT2D eigenvalue weighted by molar-refractivity contribution is 5.94. The molecule has 2 amide bonds. The number of likely N-dealkylation sites (tertiary alicyclic amines) is 1. The first-order valence-electron chi connectivity index (χ1n) is 9.37. The second-order valence-electron chi connectivity index (χ2n) is 7.28. The number of aromatic nitrogens is 4. The molecule has 1 aromatic carbocycles. The van der Waals surface area contributed by atoms with Gasteiger partial charge in [-0.15, -0.1) is 0 Å². The van der Waals surface area contributed by atoms with Crippen LogP contribution >= 0.6 is 0 Å². The minimum Gasteiger partial charge on any atom is -0.386 e. The molecule has 0 radical (unpaired) electrons.